The number of hydrogen-bond donors (Lipinski definition) is 0. The van der Waals surface area contributed by atoms with Gasteiger partial charge in [-0.3, -0.25) is 0 Å². The molecule has 43 heavy (non-hydrogen) atoms. The molecule has 0 aliphatic rings. The normalized spacial score (nSPS) is 11.9. The van der Waals surface area contributed by atoms with Crippen LogP contribution >= 0.6 is 0 Å². The lowest BCUT2D eigenvalue weighted by Crippen LogP contribution is -2.32. The van der Waals surface area contributed by atoms with Gasteiger partial charge in [0.2, 0.25) is 0 Å². The Morgan fingerprint density at radius 1 is 0.395 bits per heavy atom. The highest BCUT2D eigenvalue weighted by atomic mass is 14.9. The van der Waals surface area contributed by atoms with Crippen LogP contribution in [0.3, 0.4) is 0 Å². The van der Waals surface area contributed by atoms with Crippen molar-refractivity contribution >= 4 is 0 Å². The molecule has 0 fully saturated rings. The summed E-state index contributed by atoms with van der Waals surface area (Å²) >= 11 is 0. The zero-order valence-electron chi connectivity index (χ0n) is 29.5. The lowest BCUT2D eigenvalue weighted by molar-refractivity contribution is -0.697. The van der Waals surface area contributed by atoms with Gasteiger partial charge in [0.25, 0.3) is 0 Å². The van der Waals surface area contributed by atoms with Crippen LogP contribution in [0.1, 0.15) is 206 Å². The lowest BCUT2D eigenvalue weighted by atomic mass is 10.0. The maximum Gasteiger partial charge on any atom is 0.169 e. The molecule has 1 aromatic heterocycles. The van der Waals surface area contributed by atoms with Crippen molar-refractivity contribution in [2.24, 2.45) is 0 Å². The summed E-state index contributed by atoms with van der Waals surface area (Å²) in [6.45, 7) is 5.77. The summed E-state index contributed by atoms with van der Waals surface area (Å²) < 4.78 is 2.39. The van der Waals surface area contributed by atoms with E-state index in [1.165, 1.54) is 205 Å². The molecule has 0 N–H and O–H groups in total. The van der Waals surface area contributed by atoms with Crippen LogP contribution in [-0.4, -0.2) is 0 Å². The largest absolute Gasteiger partial charge is 0.205 e. The number of pyridine rings is 1. The number of nitrogens with zero attached hydrogens (tertiary/aromatic N) is 1. The number of unbranched alkanes of at least 4 members (excludes halogenated alkanes) is 25. The topological polar surface area (TPSA) is 3.88 Å². The predicted octanol–water partition coefficient (Wildman–Crippen LogP) is 14.0. The van der Waals surface area contributed by atoms with E-state index in [1.54, 1.807) is 0 Å². The Balaban J connectivity index is 1.84. The summed E-state index contributed by atoms with van der Waals surface area (Å²) in [6.07, 6.45) is 55.8. The standard InChI is InChI=1S/C42H76N/c1-3-5-7-9-11-13-15-17-19-21-22-24-26-28-30-32-34-36-42-37-40-43(41-38-42)39-35-33-31-29-27-25-23-20-18-16-14-12-10-8-6-4-2/h17-20,37-38,40-41H,3-16,21-36,39H2,1-2H3/q+1. The van der Waals surface area contributed by atoms with Gasteiger partial charge >= 0.3 is 0 Å². The van der Waals surface area contributed by atoms with Crippen LogP contribution in [0.4, 0.5) is 0 Å². The van der Waals surface area contributed by atoms with E-state index in [0.717, 1.165) is 0 Å². The first kappa shape index (κ1) is 39.7. The van der Waals surface area contributed by atoms with E-state index in [0.29, 0.717) is 0 Å². The Hall–Kier alpha value is -1.37. The van der Waals surface area contributed by atoms with Crippen molar-refractivity contribution in [2.45, 2.75) is 213 Å². The van der Waals surface area contributed by atoms with E-state index in [-0.39, 0.29) is 0 Å². The number of aryl methyl sites for hydroxylation is 2. The molecular weight excluding hydrogens is 518 g/mol. The lowest BCUT2D eigenvalue weighted by Gasteiger charge is -2.03. The molecule has 0 saturated heterocycles. The fourth-order valence-electron chi connectivity index (χ4n) is 6.10. The van der Waals surface area contributed by atoms with Crippen LogP contribution in [-0.2, 0) is 13.0 Å². The number of aromatic nitrogens is 1. The predicted molar refractivity (Wildman–Crippen MR) is 194 cm³/mol. The molecule has 1 heterocycles. The smallest absolute Gasteiger partial charge is 0.169 e. The SMILES string of the molecule is CCCCCCCCC=CCCCCCCCCCc1cc[n+](CCCCCCCCC=CCCCCCCCC)cc1. The summed E-state index contributed by atoms with van der Waals surface area (Å²) in [7, 11) is 0. The van der Waals surface area contributed by atoms with Crippen molar-refractivity contribution < 1.29 is 4.57 Å². The van der Waals surface area contributed by atoms with Crippen molar-refractivity contribution in [1.82, 2.24) is 0 Å². The molecule has 0 radical (unpaired) electrons. The number of hydrogen-bond acceptors (Lipinski definition) is 0. The minimum absolute atomic E-state index is 1.18. The molecular formula is C42H76N+. The van der Waals surface area contributed by atoms with E-state index in [4.69, 9.17) is 0 Å². The van der Waals surface area contributed by atoms with Gasteiger partial charge in [-0.05, 0) is 76.2 Å². The molecule has 1 rings (SSSR count). The van der Waals surface area contributed by atoms with E-state index in [2.05, 4.69) is 67.2 Å². The van der Waals surface area contributed by atoms with E-state index in [1.807, 2.05) is 0 Å². The van der Waals surface area contributed by atoms with Crippen molar-refractivity contribution in [3.05, 3.63) is 54.4 Å². The van der Waals surface area contributed by atoms with Gasteiger partial charge in [0.1, 0.15) is 6.54 Å². The molecule has 0 bridgehead atoms. The molecule has 0 amide bonds. The molecule has 0 unspecified atom stereocenters. The van der Waals surface area contributed by atoms with Crippen LogP contribution < -0.4 is 4.57 Å². The van der Waals surface area contributed by atoms with Gasteiger partial charge in [-0.1, -0.05) is 154 Å². The Morgan fingerprint density at radius 3 is 1.12 bits per heavy atom. The second-order valence-electron chi connectivity index (χ2n) is 13.4. The minimum Gasteiger partial charge on any atom is -0.205 e. The van der Waals surface area contributed by atoms with Crippen LogP contribution in [0.2, 0.25) is 0 Å². The van der Waals surface area contributed by atoms with Gasteiger partial charge in [-0.15, -0.1) is 0 Å². The highest BCUT2D eigenvalue weighted by Gasteiger charge is 2.02. The molecule has 0 aromatic carbocycles. The summed E-state index contributed by atoms with van der Waals surface area (Å²) in [6, 6.07) is 4.72. The fraction of sp³-hybridized carbons (Fsp3) is 0.786. The van der Waals surface area contributed by atoms with Gasteiger partial charge in [0.05, 0.1) is 0 Å². The van der Waals surface area contributed by atoms with Crippen molar-refractivity contribution in [3.8, 4) is 0 Å². The Bertz CT molecular complexity index is 715. The maximum atomic E-state index is 2.44. The first-order valence-corrected chi connectivity index (χ1v) is 19.6. The highest BCUT2D eigenvalue weighted by Crippen LogP contribution is 2.13. The minimum atomic E-state index is 1.18. The average molecular weight is 595 g/mol. The fourth-order valence-corrected chi connectivity index (χ4v) is 6.10. The van der Waals surface area contributed by atoms with Crippen molar-refractivity contribution in [3.63, 3.8) is 0 Å². The zero-order valence-corrected chi connectivity index (χ0v) is 29.5. The second-order valence-corrected chi connectivity index (χ2v) is 13.4. The third-order valence-electron chi connectivity index (χ3n) is 9.12. The Labute approximate surface area is 271 Å². The van der Waals surface area contributed by atoms with Crippen molar-refractivity contribution in [2.75, 3.05) is 0 Å². The maximum absolute atomic E-state index is 2.44. The second kappa shape index (κ2) is 33.5. The molecule has 0 aliphatic carbocycles. The summed E-state index contributed by atoms with van der Waals surface area (Å²) in [4.78, 5) is 0. The first-order chi connectivity index (χ1) is 21.4. The number of rotatable bonds is 33. The van der Waals surface area contributed by atoms with Gasteiger partial charge < -0.3 is 0 Å². The molecule has 248 valence electrons. The third-order valence-corrected chi connectivity index (χ3v) is 9.12. The van der Waals surface area contributed by atoms with E-state index >= 15 is 0 Å². The molecule has 1 heteroatoms. The van der Waals surface area contributed by atoms with Crippen LogP contribution in [0.5, 0.6) is 0 Å². The Morgan fingerprint density at radius 2 is 0.721 bits per heavy atom. The Kier molecular flexibility index (Phi) is 30.9. The third kappa shape index (κ3) is 29.1. The van der Waals surface area contributed by atoms with Crippen LogP contribution in [0, 0.1) is 0 Å². The monoisotopic (exact) mass is 595 g/mol. The molecule has 1 nitrogen and oxygen atoms in total. The molecule has 1 aromatic rings. The molecule has 0 saturated carbocycles. The molecule has 0 spiro atoms. The van der Waals surface area contributed by atoms with Gasteiger partial charge in [-0.2, -0.15) is 0 Å². The van der Waals surface area contributed by atoms with Gasteiger partial charge in [-0.25, -0.2) is 4.57 Å². The van der Waals surface area contributed by atoms with E-state index < -0.39 is 0 Å². The number of allylic oxidation sites excluding steroid dienone is 4. The van der Waals surface area contributed by atoms with Crippen LogP contribution in [0.25, 0.3) is 0 Å². The van der Waals surface area contributed by atoms with Gasteiger partial charge in [0, 0.05) is 18.6 Å². The summed E-state index contributed by atoms with van der Waals surface area (Å²) in [5.74, 6) is 0. The molecule has 0 aliphatic heterocycles. The average Bonchev–Trinajstić information content (AvgIpc) is 3.03. The quantitative estimate of drug-likeness (QED) is 0.0433. The molecule has 0 atom stereocenters. The summed E-state index contributed by atoms with van der Waals surface area (Å²) in [5.41, 5.74) is 1.52. The van der Waals surface area contributed by atoms with Gasteiger partial charge in [0.15, 0.2) is 12.4 Å². The van der Waals surface area contributed by atoms with Crippen molar-refractivity contribution in [1.29, 1.82) is 0 Å². The zero-order chi connectivity index (χ0) is 30.7. The van der Waals surface area contributed by atoms with E-state index in [9.17, 15) is 0 Å². The first-order valence-electron chi connectivity index (χ1n) is 19.6. The summed E-state index contributed by atoms with van der Waals surface area (Å²) in [5, 5.41) is 0. The van der Waals surface area contributed by atoms with Crippen LogP contribution in [0.15, 0.2) is 48.8 Å². The highest BCUT2D eigenvalue weighted by molar-refractivity contribution is 5.07.